The standard InChI is InChI=1S/C14H28N2O/c1-14(2)7-5-11(13(14)15-3)9-16(4)12-6-8-17-10-12/h11-13,15H,5-10H2,1-4H3. The molecule has 0 aromatic heterocycles. The van der Waals surface area contributed by atoms with Gasteiger partial charge in [0.25, 0.3) is 0 Å². The molecule has 1 saturated carbocycles. The molecule has 0 radical (unpaired) electrons. The number of hydrogen-bond donors (Lipinski definition) is 1. The van der Waals surface area contributed by atoms with Crippen molar-refractivity contribution in [1.29, 1.82) is 0 Å². The molecule has 0 bridgehead atoms. The quantitative estimate of drug-likeness (QED) is 0.810. The molecular weight excluding hydrogens is 212 g/mol. The molecule has 0 aromatic carbocycles. The molecule has 1 aliphatic carbocycles. The van der Waals surface area contributed by atoms with E-state index in [2.05, 4.69) is 38.2 Å². The summed E-state index contributed by atoms with van der Waals surface area (Å²) in [6, 6.07) is 1.31. The minimum absolute atomic E-state index is 0.451. The van der Waals surface area contributed by atoms with Crippen molar-refractivity contribution in [1.82, 2.24) is 10.2 Å². The first-order valence-corrected chi connectivity index (χ1v) is 7.00. The van der Waals surface area contributed by atoms with E-state index in [1.807, 2.05) is 0 Å². The zero-order chi connectivity index (χ0) is 12.5. The summed E-state index contributed by atoms with van der Waals surface area (Å²) in [6.07, 6.45) is 3.91. The van der Waals surface area contributed by atoms with Gasteiger partial charge in [0.1, 0.15) is 0 Å². The molecular formula is C14H28N2O. The van der Waals surface area contributed by atoms with Crippen LogP contribution < -0.4 is 5.32 Å². The minimum atomic E-state index is 0.451. The minimum Gasteiger partial charge on any atom is -0.380 e. The Morgan fingerprint density at radius 3 is 2.71 bits per heavy atom. The molecule has 3 nitrogen and oxygen atoms in total. The molecule has 0 amide bonds. The first-order chi connectivity index (χ1) is 8.04. The summed E-state index contributed by atoms with van der Waals surface area (Å²) in [4.78, 5) is 2.52. The van der Waals surface area contributed by atoms with E-state index in [-0.39, 0.29) is 0 Å². The van der Waals surface area contributed by atoms with Gasteiger partial charge in [-0.15, -0.1) is 0 Å². The Morgan fingerprint density at radius 2 is 2.12 bits per heavy atom. The van der Waals surface area contributed by atoms with E-state index < -0.39 is 0 Å². The van der Waals surface area contributed by atoms with E-state index >= 15 is 0 Å². The average Bonchev–Trinajstić information content (AvgIpc) is 2.86. The number of likely N-dealkylation sites (N-methyl/N-ethyl adjacent to an activating group) is 1. The van der Waals surface area contributed by atoms with Crippen molar-refractivity contribution in [2.45, 2.75) is 45.2 Å². The molecule has 3 unspecified atom stereocenters. The van der Waals surface area contributed by atoms with Gasteiger partial charge >= 0.3 is 0 Å². The second kappa shape index (κ2) is 5.25. The lowest BCUT2D eigenvalue weighted by atomic mass is 9.85. The van der Waals surface area contributed by atoms with Crippen LogP contribution in [0.15, 0.2) is 0 Å². The topological polar surface area (TPSA) is 24.5 Å². The Balaban J connectivity index is 1.90. The third kappa shape index (κ3) is 2.83. The molecule has 100 valence electrons. The molecule has 3 atom stereocenters. The molecule has 3 heteroatoms. The Morgan fingerprint density at radius 1 is 1.35 bits per heavy atom. The van der Waals surface area contributed by atoms with E-state index in [9.17, 15) is 0 Å². The predicted molar refractivity (Wildman–Crippen MR) is 71.2 cm³/mol. The summed E-state index contributed by atoms with van der Waals surface area (Å²) in [7, 11) is 4.38. The third-order valence-electron chi connectivity index (χ3n) is 4.84. The third-order valence-corrected chi connectivity index (χ3v) is 4.84. The highest BCUT2D eigenvalue weighted by atomic mass is 16.5. The summed E-state index contributed by atoms with van der Waals surface area (Å²) in [6.45, 7) is 7.88. The predicted octanol–water partition coefficient (Wildman–Crippen LogP) is 1.73. The first-order valence-electron chi connectivity index (χ1n) is 7.00. The summed E-state index contributed by atoms with van der Waals surface area (Å²) in [5, 5.41) is 3.54. The lowest BCUT2D eigenvalue weighted by Crippen LogP contribution is -2.45. The van der Waals surface area contributed by atoms with Gasteiger partial charge in [0.2, 0.25) is 0 Å². The van der Waals surface area contributed by atoms with Crippen molar-refractivity contribution in [2.75, 3.05) is 33.9 Å². The molecule has 1 saturated heterocycles. The van der Waals surface area contributed by atoms with Crippen LogP contribution in [0.4, 0.5) is 0 Å². The Kier molecular flexibility index (Phi) is 4.11. The highest BCUT2D eigenvalue weighted by Gasteiger charge is 2.41. The van der Waals surface area contributed by atoms with E-state index in [4.69, 9.17) is 4.74 Å². The van der Waals surface area contributed by atoms with Crippen LogP contribution >= 0.6 is 0 Å². The molecule has 1 N–H and O–H groups in total. The van der Waals surface area contributed by atoms with E-state index in [0.29, 0.717) is 17.5 Å². The highest BCUT2D eigenvalue weighted by Crippen LogP contribution is 2.41. The van der Waals surface area contributed by atoms with Crippen LogP contribution in [0.25, 0.3) is 0 Å². The highest BCUT2D eigenvalue weighted by molar-refractivity contribution is 4.96. The van der Waals surface area contributed by atoms with Gasteiger partial charge in [-0.05, 0) is 44.7 Å². The van der Waals surface area contributed by atoms with Crippen molar-refractivity contribution in [3.8, 4) is 0 Å². The van der Waals surface area contributed by atoms with Crippen molar-refractivity contribution in [3.63, 3.8) is 0 Å². The lowest BCUT2D eigenvalue weighted by Gasteiger charge is -2.33. The van der Waals surface area contributed by atoms with Gasteiger partial charge in [-0.3, -0.25) is 0 Å². The van der Waals surface area contributed by atoms with Crippen molar-refractivity contribution < 1.29 is 4.74 Å². The summed E-state index contributed by atoms with van der Waals surface area (Å²) < 4.78 is 5.48. The van der Waals surface area contributed by atoms with Gasteiger partial charge in [-0.1, -0.05) is 13.8 Å². The van der Waals surface area contributed by atoms with Crippen LogP contribution in [0, 0.1) is 11.3 Å². The summed E-state index contributed by atoms with van der Waals surface area (Å²) >= 11 is 0. The van der Waals surface area contributed by atoms with Gasteiger partial charge in [-0.2, -0.15) is 0 Å². The van der Waals surface area contributed by atoms with Crippen LogP contribution in [0.1, 0.15) is 33.1 Å². The van der Waals surface area contributed by atoms with Crippen LogP contribution in [0.5, 0.6) is 0 Å². The van der Waals surface area contributed by atoms with Crippen LogP contribution in [-0.4, -0.2) is 50.8 Å². The summed E-state index contributed by atoms with van der Waals surface area (Å²) in [5.74, 6) is 0.792. The Bertz CT molecular complexity index is 249. The molecule has 1 heterocycles. The zero-order valence-electron chi connectivity index (χ0n) is 11.8. The molecule has 2 rings (SSSR count). The average molecular weight is 240 g/mol. The van der Waals surface area contributed by atoms with Gasteiger partial charge in [0, 0.05) is 25.2 Å². The fourth-order valence-electron chi connectivity index (χ4n) is 3.73. The maximum atomic E-state index is 5.48. The Hall–Kier alpha value is -0.120. The number of hydrogen-bond acceptors (Lipinski definition) is 3. The molecule has 2 fully saturated rings. The number of nitrogens with one attached hydrogen (secondary N) is 1. The fourth-order valence-corrected chi connectivity index (χ4v) is 3.73. The zero-order valence-corrected chi connectivity index (χ0v) is 11.8. The smallest absolute Gasteiger partial charge is 0.0622 e. The van der Waals surface area contributed by atoms with Crippen molar-refractivity contribution in [3.05, 3.63) is 0 Å². The van der Waals surface area contributed by atoms with Gasteiger partial charge in [0.15, 0.2) is 0 Å². The first kappa shape index (κ1) is 13.3. The lowest BCUT2D eigenvalue weighted by molar-refractivity contribution is 0.139. The number of ether oxygens (including phenoxy) is 1. The monoisotopic (exact) mass is 240 g/mol. The van der Waals surface area contributed by atoms with Crippen molar-refractivity contribution in [2.24, 2.45) is 11.3 Å². The van der Waals surface area contributed by atoms with Crippen LogP contribution in [0.2, 0.25) is 0 Å². The molecule has 1 aliphatic heterocycles. The van der Waals surface area contributed by atoms with Gasteiger partial charge < -0.3 is 15.0 Å². The number of nitrogens with zero attached hydrogens (tertiary/aromatic N) is 1. The Labute approximate surface area is 106 Å². The fraction of sp³-hybridized carbons (Fsp3) is 1.00. The summed E-state index contributed by atoms with van der Waals surface area (Å²) in [5.41, 5.74) is 0.451. The SMILES string of the molecule is CNC1C(CN(C)C2CCOC2)CCC1(C)C. The molecule has 2 aliphatic rings. The number of rotatable bonds is 4. The normalized spacial score (nSPS) is 36.9. The molecule has 0 spiro atoms. The molecule has 0 aromatic rings. The van der Waals surface area contributed by atoms with Gasteiger partial charge in [0.05, 0.1) is 6.61 Å². The molecule has 17 heavy (non-hydrogen) atoms. The maximum Gasteiger partial charge on any atom is 0.0622 e. The van der Waals surface area contributed by atoms with Crippen molar-refractivity contribution >= 4 is 0 Å². The second-order valence-corrected chi connectivity index (χ2v) is 6.51. The second-order valence-electron chi connectivity index (χ2n) is 6.51. The van der Waals surface area contributed by atoms with Crippen LogP contribution in [0.3, 0.4) is 0 Å². The maximum absolute atomic E-state index is 5.48. The van der Waals surface area contributed by atoms with E-state index in [0.717, 1.165) is 19.1 Å². The van der Waals surface area contributed by atoms with Crippen LogP contribution in [-0.2, 0) is 4.74 Å². The largest absolute Gasteiger partial charge is 0.380 e. The van der Waals surface area contributed by atoms with Gasteiger partial charge in [-0.25, -0.2) is 0 Å². The van der Waals surface area contributed by atoms with E-state index in [1.54, 1.807) is 0 Å². The van der Waals surface area contributed by atoms with E-state index in [1.165, 1.54) is 25.8 Å².